The molecular weight excluding hydrogens is 276 g/mol. The van der Waals surface area contributed by atoms with Gasteiger partial charge in [-0.05, 0) is 40.3 Å². The molecule has 1 N–H and O–H groups in total. The Labute approximate surface area is 126 Å². The molecule has 0 bridgehead atoms. The Hall–Kier alpha value is -3.21. The van der Waals surface area contributed by atoms with Crippen molar-refractivity contribution in [3.63, 3.8) is 0 Å². The molecule has 0 atom stereocenters. The van der Waals surface area contributed by atoms with E-state index in [1.165, 1.54) is 5.39 Å². The van der Waals surface area contributed by atoms with Gasteiger partial charge in [-0.1, -0.05) is 42.5 Å². The molecule has 0 spiro atoms. The van der Waals surface area contributed by atoms with Crippen molar-refractivity contribution in [2.24, 2.45) is 0 Å². The molecule has 22 heavy (non-hydrogen) atoms. The molecule has 0 aliphatic carbocycles. The average Bonchev–Trinajstić information content (AvgIpc) is 3.10. The maximum absolute atomic E-state index is 6.02. The lowest BCUT2D eigenvalue weighted by molar-refractivity contribution is 0.485. The normalized spacial score (nSPS) is 10.7. The first kappa shape index (κ1) is 12.5. The van der Waals surface area contributed by atoms with Crippen LogP contribution in [0.4, 0.5) is 0 Å². The van der Waals surface area contributed by atoms with Crippen LogP contribution in [0.25, 0.3) is 22.2 Å². The number of aromatic nitrogens is 4. The number of nitrogens with one attached hydrogen (secondary N) is 1. The first-order valence-electron chi connectivity index (χ1n) is 6.90. The molecule has 5 heteroatoms. The standard InChI is InChI=1S/C17H12N4O/c1-2-6-13-11-14(10-9-12(13)5-1)22-16-8-4-3-7-15(16)17-18-20-21-19-17/h1-11H,(H,18,19,20,21). The largest absolute Gasteiger partial charge is 0.457 e. The number of rotatable bonds is 3. The van der Waals surface area contributed by atoms with Crippen LogP contribution in [0, 0.1) is 0 Å². The summed E-state index contributed by atoms with van der Waals surface area (Å²) >= 11 is 0. The Balaban J connectivity index is 1.73. The van der Waals surface area contributed by atoms with Gasteiger partial charge in [0.15, 0.2) is 0 Å². The third-order valence-electron chi connectivity index (χ3n) is 3.42. The minimum absolute atomic E-state index is 0.511. The fourth-order valence-electron chi connectivity index (χ4n) is 2.37. The molecule has 0 saturated heterocycles. The summed E-state index contributed by atoms with van der Waals surface area (Å²) < 4.78 is 6.02. The van der Waals surface area contributed by atoms with Gasteiger partial charge >= 0.3 is 0 Å². The summed E-state index contributed by atoms with van der Waals surface area (Å²) in [5.41, 5.74) is 0.796. The number of nitrogens with zero attached hydrogens (tertiary/aromatic N) is 3. The number of benzene rings is 3. The number of hydrogen-bond donors (Lipinski definition) is 1. The summed E-state index contributed by atoms with van der Waals surface area (Å²) in [6.45, 7) is 0. The quantitative estimate of drug-likeness (QED) is 0.622. The van der Waals surface area contributed by atoms with Crippen LogP contribution in [0.2, 0.25) is 0 Å². The molecule has 3 aromatic carbocycles. The van der Waals surface area contributed by atoms with Crippen molar-refractivity contribution in [1.82, 2.24) is 20.6 Å². The maximum atomic E-state index is 6.02. The van der Waals surface area contributed by atoms with E-state index < -0.39 is 0 Å². The number of para-hydroxylation sites is 1. The first-order chi connectivity index (χ1) is 10.9. The molecule has 0 saturated carbocycles. The molecule has 4 aromatic rings. The maximum Gasteiger partial charge on any atom is 0.208 e. The van der Waals surface area contributed by atoms with Gasteiger partial charge in [-0.25, -0.2) is 0 Å². The molecule has 4 rings (SSSR count). The van der Waals surface area contributed by atoms with E-state index in [4.69, 9.17) is 4.74 Å². The first-order valence-corrected chi connectivity index (χ1v) is 6.90. The van der Waals surface area contributed by atoms with Crippen molar-refractivity contribution in [3.8, 4) is 22.9 Å². The Kier molecular flexibility index (Phi) is 3.01. The SMILES string of the molecule is c1ccc(-c2nn[nH]n2)c(Oc2ccc3ccccc3c2)c1. The van der Waals surface area contributed by atoms with Crippen molar-refractivity contribution < 1.29 is 4.74 Å². The Morgan fingerprint density at radius 1 is 0.818 bits per heavy atom. The lowest BCUT2D eigenvalue weighted by atomic mass is 10.1. The van der Waals surface area contributed by atoms with Crippen LogP contribution < -0.4 is 4.74 Å². The second kappa shape index (κ2) is 5.29. The lowest BCUT2D eigenvalue weighted by Gasteiger charge is -2.09. The molecule has 0 aliphatic heterocycles. The minimum Gasteiger partial charge on any atom is -0.457 e. The molecule has 0 unspecified atom stereocenters. The molecular formula is C17H12N4O. The van der Waals surface area contributed by atoms with E-state index in [2.05, 4.69) is 32.8 Å². The smallest absolute Gasteiger partial charge is 0.208 e. The predicted molar refractivity (Wildman–Crippen MR) is 83.6 cm³/mol. The summed E-state index contributed by atoms with van der Waals surface area (Å²) in [5.74, 6) is 1.98. The van der Waals surface area contributed by atoms with Crippen molar-refractivity contribution >= 4 is 10.8 Å². The summed E-state index contributed by atoms with van der Waals surface area (Å²) in [6.07, 6.45) is 0. The minimum atomic E-state index is 0.511. The zero-order valence-electron chi connectivity index (χ0n) is 11.6. The van der Waals surface area contributed by atoms with Crippen LogP contribution in [0.3, 0.4) is 0 Å². The van der Waals surface area contributed by atoms with E-state index in [0.29, 0.717) is 11.6 Å². The number of fused-ring (bicyclic) bond motifs is 1. The Morgan fingerprint density at radius 2 is 1.64 bits per heavy atom. The van der Waals surface area contributed by atoms with Gasteiger partial charge in [-0.3, -0.25) is 0 Å². The molecule has 106 valence electrons. The van der Waals surface area contributed by atoms with E-state index in [9.17, 15) is 0 Å². The highest BCUT2D eigenvalue weighted by Gasteiger charge is 2.10. The van der Waals surface area contributed by atoms with Crippen molar-refractivity contribution in [3.05, 3.63) is 66.7 Å². The van der Waals surface area contributed by atoms with Gasteiger partial charge in [0, 0.05) is 0 Å². The van der Waals surface area contributed by atoms with E-state index >= 15 is 0 Å². The van der Waals surface area contributed by atoms with Gasteiger partial charge in [0.1, 0.15) is 11.5 Å². The summed E-state index contributed by atoms with van der Waals surface area (Å²) in [6, 6.07) is 21.8. The molecule has 0 aliphatic rings. The fourth-order valence-corrected chi connectivity index (χ4v) is 2.37. The van der Waals surface area contributed by atoms with Crippen LogP contribution in [0.1, 0.15) is 0 Å². The fraction of sp³-hybridized carbons (Fsp3) is 0. The lowest BCUT2D eigenvalue weighted by Crippen LogP contribution is -1.90. The van der Waals surface area contributed by atoms with Gasteiger partial charge in [0.2, 0.25) is 5.82 Å². The van der Waals surface area contributed by atoms with E-state index in [1.54, 1.807) is 0 Å². The Morgan fingerprint density at radius 3 is 2.50 bits per heavy atom. The highest BCUT2D eigenvalue weighted by atomic mass is 16.5. The average molecular weight is 288 g/mol. The molecule has 5 nitrogen and oxygen atoms in total. The third kappa shape index (κ3) is 2.29. The molecule has 1 heterocycles. The highest BCUT2D eigenvalue weighted by molar-refractivity contribution is 5.83. The van der Waals surface area contributed by atoms with Crippen LogP contribution in [0.5, 0.6) is 11.5 Å². The van der Waals surface area contributed by atoms with E-state index in [-0.39, 0.29) is 0 Å². The number of H-pyrrole nitrogens is 1. The number of aromatic amines is 1. The van der Waals surface area contributed by atoms with Crippen LogP contribution >= 0.6 is 0 Å². The van der Waals surface area contributed by atoms with E-state index in [1.807, 2.05) is 54.6 Å². The number of hydrogen-bond acceptors (Lipinski definition) is 4. The molecule has 1 aromatic heterocycles. The van der Waals surface area contributed by atoms with Crippen LogP contribution in [-0.4, -0.2) is 20.6 Å². The summed E-state index contributed by atoms with van der Waals surface area (Å²) in [4.78, 5) is 0. The summed E-state index contributed by atoms with van der Waals surface area (Å²) in [7, 11) is 0. The van der Waals surface area contributed by atoms with Gasteiger partial charge in [0.25, 0.3) is 0 Å². The number of ether oxygens (including phenoxy) is 1. The van der Waals surface area contributed by atoms with Gasteiger partial charge in [0.05, 0.1) is 5.56 Å². The monoisotopic (exact) mass is 288 g/mol. The van der Waals surface area contributed by atoms with Gasteiger partial charge in [-0.2, -0.15) is 5.21 Å². The molecule has 0 amide bonds. The predicted octanol–water partition coefficient (Wildman–Crippen LogP) is 3.81. The Bertz CT molecular complexity index is 919. The van der Waals surface area contributed by atoms with Crippen molar-refractivity contribution in [2.75, 3.05) is 0 Å². The van der Waals surface area contributed by atoms with Crippen molar-refractivity contribution in [2.45, 2.75) is 0 Å². The topological polar surface area (TPSA) is 63.7 Å². The zero-order valence-corrected chi connectivity index (χ0v) is 11.6. The highest BCUT2D eigenvalue weighted by Crippen LogP contribution is 2.32. The molecule has 0 radical (unpaired) electrons. The van der Waals surface area contributed by atoms with E-state index in [0.717, 1.165) is 16.7 Å². The second-order valence-corrected chi connectivity index (χ2v) is 4.84. The summed E-state index contributed by atoms with van der Waals surface area (Å²) in [5, 5.41) is 16.4. The third-order valence-corrected chi connectivity index (χ3v) is 3.42. The van der Waals surface area contributed by atoms with Gasteiger partial charge in [-0.15, -0.1) is 10.2 Å². The van der Waals surface area contributed by atoms with Crippen LogP contribution in [-0.2, 0) is 0 Å². The second-order valence-electron chi connectivity index (χ2n) is 4.84. The molecule has 0 fully saturated rings. The van der Waals surface area contributed by atoms with Gasteiger partial charge < -0.3 is 4.74 Å². The van der Waals surface area contributed by atoms with Crippen LogP contribution in [0.15, 0.2) is 66.7 Å². The number of tetrazole rings is 1. The zero-order chi connectivity index (χ0) is 14.8. The van der Waals surface area contributed by atoms with Crippen molar-refractivity contribution in [1.29, 1.82) is 0 Å².